The van der Waals surface area contributed by atoms with E-state index in [9.17, 15) is 0 Å². The van der Waals surface area contributed by atoms with E-state index < -0.39 is 0 Å². The van der Waals surface area contributed by atoms with Gasteiger partial charge in [-0.15, -0.1) is 12.3 Å². The van der Waals surface area contributed by atoms with E-state index in [0.717, 1.165) is 17.8 Å². The largest absolute Gasteiger partial charge is 0.120 e. The second-order valence-electron chi connectivity index (χ2n) is 5.06. The van der Waals surface area contributed by atoms with E-state index in [1.165, 1.54) is 51.4 Å². The molecular formula is C13H20. The highest BCUT2D eigenvalue weighted by Crippen LogP contribution is 2.50. The first-order valence-electron chi connectivity index (χ1n) is 5.78. The standard InChI is InChI=1S/C13H20/c1-2-5-12-6-10-13(11-7-12)8-3-4-9-13/h1,12H,3-11H2. The maximum Gasteiger partial charge on any atom is 0.0114 e. The average molecular weight is 176 g/mol. The van der Waals surface area contributed by atoms with Gasteiger partial charge in [-0.2, -0.15) is 0 Å². The molecule has 2 aliphatic rings. The lowest BCUT2D eigenvalue weighted by atomic mass is 9.69. The number of hydrogen-bond acceptors (Lipinski definition) is 0. The van der Waals surface area contributed by atoms with Gasteiger partial charge in [0, 0.05) is 6.42 Å². The molecule has 0 aromatic heterocycles. The Kier molecular flexibility index (Phi) is 2.63. The lowest BCUT2D eigenvalue weighted by molar-refractivity contribution is 0.157. The minimum Gasteiger partial charge on any atom is -0.120 e. The second-order valence-corrected chi connectivity index (χ2v) is 5.06. The number of rotatable bonds is 1. The average Bonchev–Trinajstić information content (AvgIpc) is 2.59. The Morgan fingerprint density at radius 1 is 1.08 bits per heavy atom. The van der Waals surface area contributed by atoms with Crippen molar-refractivity contribution in [3.05, 3.63) is 0 Å². The van der Waals surface area contributed by atoms with Crippen LogP contribution >= 0.6 is 0 Å². The Labute approximate surface area is 82.1 Å². The van der Waals surface area contributed by atoms with Crippen LogP contribution in [0.5, 0.6) is 0 Å². The van der Waals surface area contributed by atoms with Crippen molar-refractivity contribution in [2.24, 2.45) is 11.3 Å². The van der Waals surface area contributed by atoms with Crippen LogP contribution in [0.15, 0.2) is 0 Å². The highest BCUT2D eigenvalue weighted by atomic mass is 14.4. The first-order valence-corrected chi connectivity index (χ1v) is 5.78. The molecule has 0 unspecified atom stereocenters. The molecule has 2 rings (SSSR count). The normalized spacial score (nSPS) is 27.6. The Morgan fingerprint density at radius 3 is 2.23 bits per heavy atom. The van der Waals surface area contributed by atoms with Gasteiger partial charge in [-0.05, 0) is 49.9 Å². The number of hydrogen-bond donors (Lipinski definition) is 0. The summed E-state index contributed by atoms with van der Waals surface area (Å²) in [5.74, 6) is 3.67. The fourth-order valence-corrected chi connectivity index (χ4v) is 3.29. The molecule has 0 aliphatic heterocycles. The summed E-state index contributed by atoms with van der Waals surface area (Å²) in [5.41, 5.74) is 0.783. The van der Waals surface area contributed by atoms with Crippen molar-refractivity contribution in [1.29, 1.82) is 0 Å². The van der Waals surface area contributed by atoms with Crippen LogP contribution in [-0.4, -0.2) is 0 Å². The summed E-state index contributed by atoms with van der Waals surface area (Å²) in [6.07, 6.45) is 18.1. The van der Waals surface area contributed by atoms with Crippen LogP contribution in [0.2, 0.25) is 0 Å². The summed E-state index contributed by atoms with van der Waals surface area (Å²) >= 11 is 0. The van der Waals surface area contributed by atoms with Gasteiger partial charge in [0.25, 0.3) is 0 Å². The smallest absolute Gasteiger partial charge is 0.0114 e. The molecule has 0 bridgehead atoms. The van der Waals surface area contributed by atoms with Gasteiger partial charge < -0.3 is 0 Å². The lowest BCUT2D eigenvalue weighted by Crippen LogP contribution is -2.24. The van der Waals surface area contributed by atoms with Crippen LogP contribution in [0, 0.1) is 23.7 Å². The van der Waals surface area contributed by atoms with E-state index in [1.807, 2.05) is 0 Å². The van der Waals surface area contributed by atoms with Gasteiger partial charge in [0.15, 0.2) is 0 Å². The first kappa shape index (κ1) is 9.13. The third-order valence-corrected chi connectivity index (χ3v) is 4.24. The zero-order chi connectivity index (χ0) is 9.15. The molecule has 0 radical (unpaired) electrons. The third-order valence-electron chi connectivity index (χ3n) is 4.24. The van der Waals surface area contributed by atoms with Gasteiger partial charge in [-0.25, -0.2) is 0 Å². The van der Waals surface area contributed by atoms with Crippen molar-refractivity contribution in [3.8, 4) is 12.3 Å². The summed E-state index contributed by atoms with van der Waals surface area (Å²) in [7, 11) is 0. The molecule has 0 heteroatoms. The van der Waals surface area contributed by atoms with Gasteiger partial charge in [0.1, 0.15) is 0 Å². The zero-order valence-electron chi connectivity index (χ0n) is 8.52. The molecule has 0 aromatic rings. The van der Waals surface area contributed by atoms with Crippen molar-refractivity contribution in [2.45, 2.75) is 57.8 Å². The molecule has 0 aromatic carbocycles. The summed E-state index contributed by atoms with van der Waals surface area (Å²) < 4.78 is 0. The predicted molar refractivity (Wildman–Crippen MR) is 56.3 cm³/mol. The summed E-state index contributed by atoms with van der Waals surface area (Å²) in [5, 5.41) is 0. The SMILES string of the molecule is C#CCC1CCC2(CCCC2)CC1. The van der Waals surface area contributed by atoms with E-state index in [4.69, 9.17) is 6.42 Å². The first-order chi connectivity index (χ1) is 6.35. The Hall–Kier alpha value is -0.440. The quantitative estimate of drug-likeness (QED) is 0.534. The fraction of sp³-hybridized carbons (Fsp3) is 0.846. The van der Waals surface area contributed by atoms with Crippen molar-refractivity contribution >= 4 is 0 Å². The topological polar surface area (TPSA) is 0 Å². The maximum atomic E-state index is 5.35. The molecule has 0 amide bonds. The van der Waals surface area contributed by atoms with Crippen LogP contribution in [0.3, 0.4) is 0 Å². The number of terminal acetylenes is 1. The van der Waals surface area contributed by atoms with Crippen molar-refractivity contribution in [2.75, 3.05) is 0 Å². The van der Waals surface area contributed by atoms with E-state index >= 15 is 0 Å². The minimum atomic E-state index is 0.783. The monoisotopic (exact) mass is 176 g/mol. The molecule has 0 saturated heterocycles. The molecule has 0 heterocycles. The van der Waals surface area contributed by atoms with Crippen molar-refractivity contribution < 1.29 is 0 Å². The van der Waals surface area contributed by atoms with Gasteiger partial charge in [-0.1, -0.05) is 12.8 Å². The zero-order valence-corrected chi connectivity index (χ0v) is 8.52. The van der Waals surface area contributed by atoms with Crippen LogP contribution in [-0.2, 0) is 0 Å². The predicted octanol–water partition coefficient (Wildman–Crippen LogP) is 3.76. The van der Waals surface area contributed by atoms with Crippen molar-refractivity contribution in [1.82, 2.24) is 0 Å². The Bertz CT molecular complexity index is 193. The van der Waals surface area contributed by atoms with E-state index in [-0.39, 0.29) is 0 Å². The molecule has 1 spiro atoms. The van der Waals surface area contributed by atoms with Gasteiger partial charge in [0.2, 0.25) is 0 Å². The Balaban J connectivity index is 1.85. The molecule has 2 aliphatic carbocycles. The highest BCUT2D eigenvalue weighted by molar-refractivity contribution is 4.93. The molecule has 2 fully saturated rings. The van der Waals surface area contributed by atoms with E-state index in [0.29, 0.717) is 0 Å². The minimum absolute atomic E-state index is 0.783. The van der Waals surface area contributed by atoms with Crippen LogP contribution in [0.1, 0.15) is 57.8 Å². The summed E-state index contributed by atoms with van der Waals surface area (Å²) in [6.45, 7) is 0. The van der Waals surface area contributed by atoms with Crippen LogP contribution < -0.4 is 0 Å². The molecule has 2 saturated carbocycles. The molecule has 13 heavy (non-hydrogen) atoms. The maximum absolute atomic E-state index is 5.35. The molecule has 0 atom stereocenters. The van der Waals surface area contributed by atoms with E-state index in [1.54, 1.807) is 0 Å². The van der Waals surface area contributed by atoms with Gasteiger partial charge >= 0.3 is 0 Å². The summed E-state index contributed by atoms with van der Waals surface area (Å²) in [4.78, 5) is 0. The van der Waals surface area contributed by atoms with Gasteiger partial charge in [0.05, 0.1) is 0 Å². The Morgan fingerprint density at radius 2 is 1.69 bits per heavy atom. The molecule has 0 N–H and O–H groups in total. The lowest BCUT2D eigenvalue weighted by Gasteiger charge is -2.36. The summed E-state index contributed by atoms with van der Waals surface area (Å²) in [6, 6.07) is 0. The van der Waals surface area contributed by atoms with E-state index in [2.05, 4.69) is 5.92 Å². The molecule has 0 nitrogen and oxygen atoms in total. The fourth-order valence-electron chi connectivity index (χ4n) is 3.29. The second kappa shape index (κ2) is 3.74. The highest BCUT2D eigenvalue weighted by Gasteiger charge is 2.36. The van der Waals surface area contributed by atoms with Gasteiger partial charge in [-0.3, -0.25) is 0 Å². The van der Waals surface area contributed by atoms with Crippen LogP contribution in [0.25, 0.3) is 0 Å². The molecular weight excluding hydrogens is 156 g/mol. The van der Waals surface area contributed by atoms with Crippen molar-refractivity contribution in [3.63, 3.8) is 0 Å². The molecule has 72 valence electrons. The van der Waals surface area contributed by atoms with Crippen LogP contribution in [0.4, 0.5) is 0 Å². The third kappa shape index (κ3) is 1.90.